The molecular weight excluding hydrogens is 429 g/mol. The molecule has 0 radical (unpaired) electrons. The molecule has 6 nitrogen and oxygen atoms in total. The summed E-state index contributed by atoms with van der Waals surface area (Å²) >= 11 is 3.28. The van der Waals surface area contributed by atoms with Gasteiger partial charge < -0.3 is 15.0 Å². The number of fused-ring (bicyclic) bond motifs is 1. The van der Waals surface area contributed by atoms with Gasteiger partial charge in [-0.05, 0) is 40.2 Å². The van der Waals surface area contributed by atoms with Crippen LogP contribution in [0.25, 0.3) is 10.9 Å². The van der Waals surface area contributed by atoms with Gasteiger partial charge >= 0.3 is 6.36 Å². The van der Waals surface area contributed by atoms with Crippen molar-refractivity contribution >= 4 is 50.7 Å². The van der Waals surface area contributed by atoms with E-state index in [1.54, 1.807) is 0 Å². The first-order valence-electron chi connectivity index (χ1n) is 6.48. The van der Waals surface area contributed by atoms with Crippen LogP contribution in [0, 0.1) is 0 Å². The maximum Gasteiger partial charge on any atom is 0.573 e. The lowest BCUT2D eigenvalue weighted by Crippen LogP contribution is -2.17. The molecule has 2 N–H and O–H groups in total. The molecule has 0 bridgehead atoms. The molecule has 3 aromatic rings. The molecule has 0 atom stereocenters. The molecule has 2 aromatic heterocycles. The number of alkyl halides is 3. The summed E-state index contributed by atoms with van der Waals surface area (Å²) in [4.78, 5) is 22.6. The number of hydrogen-bond acceptors (Lipinski definition) is 5. The number of aromatic nitrogens is 3. The Morgan fingerprint density at radius 1 is 1.16 bits per heavy atom. The summed E-state index contributed by atoms with van der Waals surface area (Å²) in [6.45, 7) is 0. The summed E-state index contributed by atoms with van der Waals surface area (Å²) in [5, 5.41) is 3.10. The molecule has 132 valence electrons. The minimum absolute atomic E-state index is 0. The third-order valence-corrected chi connectivity index (χ3v) is 3.59. The van der Waals surface area contributed by atoms with E-state index in [4.69, 9.17) is 0 Å². The van der Waals surface area contributed by atoms with Crippen LogP contribution in [0.5, 0.6) is 5.75 Å². The van der Waals surface area contributed by atoms with Crippen molar-refractivity contribution in [3.8, 4) is 5.75 Å². The van der Waals surface area contributed by atoms with E-state index in [1.165, 1.54) is 24.7 Å². The van der Waals surface area contributed by atoms with Crippen LogP contribution in [0.2, 0.25) is 0 Å². The zero-order chi connectivity index (χ0) is 17.3. The summed E-state index contributed by atoms with van der Waals surface area (Å²) in [5.74, 6) is -0.117. The number of rotatable bonds is 3. The number of benzene rings is 1. The third-order valence-electron chi connectivity index (χ3n) is 2.98. The lowest BCUT2D eigenvalue weighted by atomic mass is 10.2. The van der Waals surface area contributed by atoms with Gasteiger partial charge in [0.1, 0.15) is 23.3 Å². The lowest BCUT2D eigenvalue weighted by molar-refractivity contribution is -0.274. The fourth-order valence-electron chi connectivity index (χ4n) is 2.02. The number of anilines is 2. The molecule has 25 heavy (non-hydrogen) atoms. The number of pyridine rings is 1. The summed E-state index contributed by atoms with van der Waals surface area (Å²) in [6.07, 6.45) is -2.02. The molecule has 0 aliphatic heterocycles. The molecule has 0 aliphatic rings. The van der Waals surface area contributed by atoms with E-state index < -0.39 is 11.9 Å². The van der Waals surface area contributed by atoms with E-state index in [9.17, 15) is 18.0 Å². The molecule has 0 saturated heterocycles. The predicted molar refractivity (Wildman–Crippen MR) is 91.5 cm³/mol. The van der Waals surface area contributed by atoms with Crippen molar-refractivity contribution < 1.29 is 17.9 Å². The van der Waals surface area contributed by atoms with E-state index in [2.05, 4.69) is 40.9 Å². The average Bonchev–Trinajstić information content (AvgIpc) is 2.52. The minimum Gasteiger partial charge on any atom is -0.406 e. The van der Waals surface area contributed by atoms with Gasteiger partial charge in [0.2, 0.25) is 0 Å². The lowest BCUT2D eigenvalue weighted by Gasteiger charge is -2.11. The second kappa shape index (κ2) is 7.28. The highest BCUT2D eigenvalue weighted by Crippen LogP contribution is 2.27. The zero-order valence-corrected chi connectivity index (χ0v) is 14.5. The normalized spacial score (nSPS) is 11.0. The molecule has 3 rings (SSSR count). The number of nitrogens with zero attached hydrogens (tertiary/aromatic N) is 2. The van der Waals surface area contributed by atoms with Crippen molar-refractivity contribution in [3.05, 3.63) is 51.6 Å². The molecule has 0 amide bonds. The highest BCUT2D eigenvalue weighted by atomic mass is 79.9. The van der Waals surface area contributed by atoms with Crippen molar-refractivity contribution in [3.63, 3.8) is 0 Å². The van der Waals surface area contributed by atoms with E-state index in [0.29, 0.717) is 15.7 Å². The number of ether oxygens (including phenoxy) is 1. The van der Waals surface area contributed by atoms with Crippen LogP contribution < -0.4 is 15.6 Å². The Labute approximate surface area is 153 Å². The van der Waals surface area contributed by atoms with Crippen LogP contribution in [0.15, 0.2) is 46.1 Å². The monoisotopic (exact) mass is 436 g/mol. The first kappa shape index (κ1) is 19.0. The van der Waals surface area contributed by atoms with Crippen LogP contribution in [0.4, 0.5) is 24.7 Å². The van der Waals surface area contributed by atoms with Gasteiger partial charge in [-0.3, -0.25) is 4.79 Å². The SMILES string of the molecule is Cl.O=c1[nH]cc(Br)c2ncnc(Nc3ccc(OC(F)(F)F)cc3)c12. The van der Waals surface area contributed by atoms with Crippen LogP contribution in [-0.4, -0.2) is 21.3 Å². The maximum absolute atomic E-state index is 12.1. The molecule has 11 heteroatoms. The van der Waals surface area contributed by atoms with Crippen LogP contribution in [-0.2, 0) is 0 Å². The summed E-state index contributed by atoms with van der Waals surface area (Å²) < 4.78 is 40.8. The van der Waals surface area contributed by atoms with Gasteiger partial charge in [0.25, 0.3) is 5.56 Å². The Kier molecular flexibility index (Phi) is 5.53. The Bertz CT molecular complexity index is 947. The van der Waals surface area contributed by atoms with Crippen LogP contribution in [0.3, 0.4) is 0 Å². The fourth-order valence-corrected chi connectivity index (χ4v) is 2.44. The number of halogens is 5. The molecule has 2 heterocycles. The van der Waals surface area contributed by atoms with Crippen molar-refractivity contribution in [2.45, 2.75) is 6.36 Å². The number of H-pyrrole nitrogens is 1. The van der Waals surface area contributed by atoms with Crippen LogP contribution in [0.1, 0.15) is 0 Å². The quantitative estimate of drug-likeness (QED) is 0.644. The largest absolute Gasteiger partial charge is 0.573 e. The number of nitrogens with one attached hydrogen (secondary N) is 2. The average molecular weight is 438 g/mol. The highest BCUT2D eigenvalue weighted by Gasteiger charge is 2.30. The standard InChI is InChI=1S/C14H8BrF3N4O2.ClH/c15-9-5-19-13(23)10-11(9)20-6-21-12(10)22-7-1-3-8(4-2-7)24-14(16,17)18;/h1-6H,(H,19,23)(H,20,21,22);1H. The second-order valence-corrected chi connectivity index (χ2v) is 5.46. The minimum atomic E-state index is -4.75. The van der Waals surface area contributed by atoms with Gasteiger partial charge in [0.15, 0.2) is 0 Å². The Morgan fingerprint density at radius 3 is 2.48 bits per heavy atom. The van der Waals surface area contributed by atoms with E-state index in [1.807, 2.05) is 0 Å². The molecule has 0 spiro atoms. The third kappa shape index (κ3) is 4.40. The first-order valence-corrected chi connectivity index (χ1v) is 7.27. The van der Waals surface area contributed by atoms with E-state index in [0.717, 1.165) is 12.1 Å². The smallest absolute Gasteiger partial charge is 0.406 e. The van der Waals surface area contributed by atoms with Gasteiger partial charge in [0.05, 0.1) is 9.99 Å². The highest BCUT2D eigenvalue weighted by molar-refractivity contribution is 9.10. The molecule has 0 saturated carbocycles. The number of aromatic amines is 1. The number of hydrogen-bond donors (Lipinski definition) is 2. The topological polar surface area (TPSA) is 79.9 Å². The molecule has 0 aliphatic carbocycles. The fraction of sp³-hybridized carbons (Fsp3) is 0.0714. The molecule has 1 aromatic carbocycles. The summed E-state index contributed by atoms with van der Waals surface area (Å²) in [7, 11) is 0. The van der Waals surface area contributed by atoms with E-state index in [-0.39, 0.29) is 29.4 Å². The Balaban J connectivity index is 0.00000225. The van der Waals surface area contributed by atoms with Gasteiger partial charge in [-0.2, -0.15) is 0 Å². The predicted octanol–water partition coefficient (Wildman–Crippen LogP) is 4.14. The molecular formula is C14H9BrClF3N4O2. The van der Waals surface area contributed by atoms with E-state index >= 15 is 0 Å². The van der Waals surface area contributed by atoms with Gasteiger partial charge in [-0.15, -0.1) is 25.6 Å². The van der Waals surface area contributed by atoms with Gasteiger partial charge in [-0.25, -0.2) is 9.97 Å². The zero-order valence-electron chi connectivity index (χ0n) is 12.1. The summed E-state index contributed by atoms with van der Waals surface area (Å²) in [6, 6.07) is 5.06. The van der Waals surface area contributed by atoms with Crippen molar-refractivity contribution in [1.29, 1.82) is 0 Å². The Hall–Kier alpha value is -2.33. The van der Waals surface area contributed by atoms with Crippen molar-refractivity contribution in [1.82, 2.24) is 15.0 Å². The second-order valence-electron chi connectivity index (χ2n) is 4.61. The summed E-state index contributed by atoms with van der Waals surface area (Å²) in [5.41, 5.74) is 0.450. The van der Waals surface area contributed by atoms with Gasteiger partial charge in [-0.1, -0.05) is 0 Å². The first-order chi connectivity index (χ1) is 11.3. The molecule has 0 unspecified atom stereocenters. The maximum atomic E-state index is 12.1. The van der Waals surface area contributed by atoms with Crippen LogP contribution >= 0.6 is 28.3 Å². The van der Waals surface area contributed by atoms with Crippen molar-refractivity contribution in [2.24, 2.45) is 0 Å². The molecule has 0 fully saturated rings. The van der Waals surface area contributed by atoms with Crippen molar-refractivity contribution in [2.75, 3.05) is 5.32 Å². The van der Waals surface area contributed by atoms with Gasteiger partial charge in [0, 0.05) is 11.9 Å². The Morgan fingerprint density at radius 2 is 1.84 bits per heavy atom.